The minimum Gasteiger partial charge on any atom is -0.151 e. The molecule has 0 aromatic heterocycles. The van der Waals surface area contributed by atoms with E-state index >= 15 is 0 Å². The van der Waals surface area contributed by atoms with Gasteiger partial charge in [-0.1, -0.05) is 57.5 Å². The maximum atomic E-state index is 10.2. The number of hydrogen-bond donors (Lipinski definition) is 0. The largest absolute Gasteiger partial charge is 0.151 e. The maximum absolute atomic E-state index is 10.2. The van der Waals surface area contributed by atoms with Crippen LogP contribution < -0.4 is 0 Å². The topological polar surface area (TPSA) is 29.4 Å². The first-order valence-corrected chi connectivity index (χ1v) is 6.14. The van der Waals surface area contributed by atoms with Crippen molar-refractivity contribution >= 4 is 0 Å². The Morgan fingerprint density at radius 1 is 0.929 bits per heavy atom. The second kappa shape index (κ2) is 10.7. The zero-order valence-electron chi connectivity index (χ0n) is 9.80. The van der Waals surface area contributed by atoms with Crippen LogP contribution in [-0.4, -0.2) is 6.54 Å². The van der Waals surface area contributed by atoms with Gasteiger partial charge in [0.25, 0.3) is 0 Å². The molecule has 2 heteroatoms. The van der Waals surface area contributed by atoms with Gasteiger partial charge in [0.2, 0.25) is 0 Å². The van der Waals surface area contributed by atoms with Gasteiger partial charge in [-0.3, -0.25) is 0 Å². The predicted octanol–water partition coefficient (Wildman–Crippen LogP) is 4.53. The molecule has 0 amide bonds. The average molecular weight is 199 g/mol. The summed E-state index contributed by atoms with van der Waals surface area (Å²) in [5, 5.41) is 3.04. The van der Waals surface area contributed by atoms with Gasteiger partial charge >= 0.3 is 0 Å². The van der Waals surface area contributed by atoms with E-state index < -0.39 is 0 Å². The van der Waals surface area contributed by atoms with Crippen molar-refractivity contribution in [1.82, 2.24) is 0 Å². The molecule has 0 unspecified atom stereocenters. The molecule has 0 saturated carbocycles. The van der Waals surface area contributed by atoms with Crippen molar-refractivity contribution in [3.05, 3.63) is 4.91 Å². The molecule has 0 heterocycles. The number of rotatable bonds is 10. The number of hydrogen-bond acceptors (Lipinski definition) is 2. The van der Waals surface area contributed by atoms with E-state index in [9.17, 15) is 4.91 Å². The van der Waals surface area contributed by atoms with Gasteiger partial charge in [0.1, 0.15) is 0 Å². The fourth-order valence-corrected chi connectivity index (χ4v) is 1.80. The van der Waals surface area contributed by atoms with E-state index in [1.165, 1.54) is 51.4 Å². The Morgan fingerprint density at radius 2 is 1.43 bits per heavy atom. The van der Waals surface area contributed by atoms with Gasteiger partial charge in [0, 0.05) is 0 Å². The third kappa shape index (κ3) is 8.21. The molecule has 14 heavy (non-hydrogen) atoms. The first-order chi connectivity index (χ1) is 6.85. The molecule has 0 spiro atoms. The lowest BCUT2D eigenvalue weighted by atomic mass is 9.95. The van der Waals surface area contributed by atoms with Crippen LogP contribution in [0, 0.1) is 10.8 Å². The average Bonchev–Trinajstić information content (AvgIpc) is 2.18. The highest BCUT2D eigenvalue weighted by molar-refractivity contribution is 4.62. The van der Waals surface area contributed by atoms with Crippen molar-refractivity contribution in [2.24, 2.45) is 11.1 Å². The van der Waals surface area contributed by atoms with E-state index in [0.29, 0.717) is 12.5 Å². The van der Waals surface area contributed by atoms with Crippen molar-refractivity contribution in [2.45, 2.75) is 65.2 Å². The summed E-state index contributed by atoms with van der Waals surface area (Å²) in [6.07, 6.45) is 10.0. The van der Waals surface area contributed by atoms with E-state index in [-0.39, 0.29) is 0 Å². The zero-order chi connectivity index (χ0) is 10.6. The molecule has 0 radical (unpaired) electrons. The highest BCUT2D eigenvalue weighted by Crippen LogP contribution is 2.17. The van der Waals surface area contributed by atoms with E-state index in [0.717, 1.165) is 0 Å². The lowest BCUT2D eigenvalue weighted by Gasteiger charge is -2.12. The minimum atomic E-state index is 0.535. The van der Waals surface area contributed by atoms with Crippen LogP contribution in [-0.2, 0) is 0 Å². The van der Waals surface area contributed by atoms with Crippen LogP contribution in [0.3, 0.4) is 0 Å². The van der Waals surface area contributed by atoms with Crippen LogP contribution >= 0.6 is 0 Å². The summed E-state index contributed by atoms with van der Waals surface area (Å²) in [6.45, 7) is 4.96. The van der Waals surface area contributed by atoms with Crippen molar-refractivity contribution in [1.29, 1.82) is 0 Å². The summed E-state index contributed by atoms with van der Waals surface area (Å²) >= 11 is 0. The summed E-state index contributed by atoms with van der Waals surface area (Å²) in [6, 6.07) is 0. The van der Waals surface area contributed by atoms with E-state index in [4.69, 9.17) is 0 Å². The van der Waals surface area contributed by atoms with Crippen molar-refractivity contribution in [3.63, 3.8) is 0 Å². The normalized spacial score (nSPS) is 10.8. The van der Waals surface area contributed by atoms with Gasteiger partial charge < -0.3 is 0 Å². The molecule has 0 aliphatic carbocycles. The van der Waals surface area contributed by atoms with E-state index in [2.05, 4.69) is 19.0 Å². The Bertz CT molecular complexity index is 115. The molecule has 0 aromatic carbocycles. The van der Waals surface area contributed by atoms with Gasteiger partial charge in [-0.15, -0.1) is 0 Å². The quantitative estimate of drug-likeness (QED) is 0.375. The van der Waals surface area contributed by atoms with Gasteiger partial charge in [-0.2, -0.15) is 4.91 Å². The predicted molar refractivity (Wildman–Crippen MR) is 62.4 cm³/mol. The first-order valence-electron chi connectivity index (χ1n) is 6.14. The van der Waals surface area contributed by atoms with E-state index in [1.807, 2.05) is 0 Å². The second-order valence-electron chi connectivity index (χ2n) is 4.17. The van der Waals surface area contributed by atoms with Crippen molar-refractivity contribution in [3.8, 4) is 0 Å². The van der Waals surface area contributed by atoms with Crippen LogP contribution in [0.5, 0.6) is 0 Å². The third-order valence-electron chi connectivity index (χ3n) is 2.76. The summed E-state index contributed by atoms with van der Waals surface area (Å²) in [5.74, 6) is 0.561. The maximum Gasteiger partial charge on any atom is 0.0839 e. The van der Waals surface area contributed by atoms with Gasteiger partial charge in [0.15, 0.2) is 0 Å². The van der Waals surface area contributed by atoms with Crippen LogP contribution in [0.1, 0.15) is 65.2 Å². The fourth-order valence-electron chi connectivity index (χ4n) is 1.80. The molecule has 0 aliphatic heterocycles. The van der Waals surface area contributed by atoms with Gasteiger partial charge in [-0.25, -0.2) is 0 Å². The fraction of sp³-hybridized carbons (Fsp3) is 1.00. The molecule has 0 rings (SSSR count). The molecule has 0 atom stereocenters. The summed E-state index contributed by atoms with van der Waals surface area (Å²) in [5.41, 5.74) is 0. The minimum absolute atomic E-state index is 0.535. The highest BCUT2D eigenvalue weighted by atomic mass is 16.3. The molecule has 84 valence electrons. The Morgan fingerprint density at radius 3 is 1.79 bits per heavy atom. The molecule has 0 fully saturated rings. The van der Waals surface area contributed by atoms with E-state index in [1.54, 1.807) is 0 Å². The Kier molecular flexibility index (Phi) is 10.4. The van der Waals surface area contributed by atoms with Crippen molar-refractivity contribution in [2.75, 3.05) is 6.54 Å². The lowest BCUT2D eigenvalue weighted by Crippen LogP contribution is -2.04. The second-order valence-corrected chi connectivity index (χ2v) is 4.17. The SMILES string of the molecule is CCCCCC(CCCCC)CN=O. The number of nitroso groups, excluding NO2 is 1. The number of unbranched alkanes of at least 4 members (excludes halogenated alkanes) is 4. The molecule has 0 bridgehead atoms. The Labute approximate surface area is 88.4 Å². The summed E-state index contributed by atoms with van der Waals surface area (Å²) in [7, 11) is 0. The molecular formula is C12H25NO. The van der Waals surface area contributed by atoms with Gasteiger partial charge in [0.05, 0.1) is 6.54 Å². The highest BCUT2D eigenvalue weighted by Gasteiger charge is 2.07. The van der Waals surface area contributed by atoms with Crippen LogP contribution in [0.15, 0.2) is 5.18 Å². The Balaban J connectivity index is 3.49. The summed E-state index contributed by atoms with van der Waals surface area (Å²) < 4.78 is 0. The molecule has 0 N–H and O–H groups in total. The number of nitrogens with zero attached hydrogens (tertiary/aromatic N) is 1. The Hall–Kier alpha value is -0.400. The standard InChI is InChI=1S/C12H25NO/c1-3-5-7-9-12(11-13-14)10-8-6-4-2/h12H,3-11H2,1-2H3. The summed E-state index contributed by atoms with van der Waals surface area (Å²) in [4.78, 5) is 10.2. The smallest absolute Gasteiger partial charge is 0.0839 e. The third-order valence-corrected chi connectivity index (χ3v) is 2.76. The van der Waals surface area contributed by atoms with Crippen LogP contribution in [0.2, 0.25) is 0 Å². The first kappa shape index (κ1) is 13.6. The van der Waals surface area contributed by atoms with Crippen LogP contribution in [0.25, 0.3) is 0 Å². The monoisotopic (exact) mass is 199 g/mol. The molecule has 2 nitrogen and oxygen atoms in total. The molecular weight excluding hydrogens is 174 g/mol. The zero-order valence-corrected chi connectivity index (χ0v) is 9.80. The van der Waals surface area contributed by atoms with Crippen LogP contribution in [0.4, 0.5) is 0 Å². The molecule has 0 aliphatic rings. The molecule has 0 aromatic rings. The van der Waals surface area contributed by atoms with Gasteiger partial charge in [-0.05, 0) is 18.8 Å². The lowest BCUT2D eigenvalue weighted by molar-refractivity contribution is 0.419. The van der Waals surface area contributed by atoms with Crippen molar-refractivity contribution < 1.29 is 0 Å². The molecule has 0 saturated heterocycles.